The number of hydrogen-bond donors (Lipinski definition) is 1. The van der Waals surface area contributed by atoms with Crippen molar-refractivity contribution in [2.24, 2.45) is 7.05 Å². The second kappa shape index (κ2) is 4.41. The standard InChI is InChI=1S/C12H13N7O/c1-7-3-9(13)17-10(16-7)5-19-6-14-11-8(12(19)20)4-15-18(11)2/h3-4,6H,5H2,1-2H3,(H2,13,16,17). The van der Waals surface area contributed by atoms with Crippen molar-refractivity contribution in [1.29, 1.82) is 0 Å². The van der Waals surface area contributed by atoms with E-state index in [0.717, 1.165) is 5.69 Å². The van der Waals surface area contributed by atoms with Crippen LogP contribution < -0.4 is 11.3 Å². The second-order valence-electron chi connectivity index (χ2n) is 4.53. The number of nitrogens with zero attached hydrogens (tertiary/aromatic N) is 6. The summed E-state index contributed by atoms with van der Waals surface area (Å²) in [7, 11) is 1.74. The molecule has 2 N–H and O–H groups in total. The van der Waals surface area contributed by atoms with Gasteiger partial charge in [-0.3, -0.25) is 14.0 Å². The molecule has 3 heterocycles. The summed E-state index contributed by atoms with van der Waals surface area (Å²) in [5.74, 6) is 0.866. The lowest BCUT2D eigenvalue weighted by atomic mass is 10.4. The van der Waals surface area contributed by atoms with Gasteiger partial charge in [-0.05, 0) is 6.92 Å². The molecule has 0 saturated heterocycles. The molecule has 3 rings (SSSR count). The summed E-state index contributed by atoms with van der Waals surface area (Å²) in [5.41, 5.74) is 6.82. The van der Waals surface area contributed by atoms with Gasteiger partial charge in [0.2, 0.25) is 0 Å². The van der Waals surface area contributed by atoms with Gasteiger partial charge in [-0.15, -0.1) is 0 Å². The summed E-state index contributed by atoms with van der Waals surface area (Å²) >= 11 is 0. The van der Waals surface area contributed by atoms with Crippen LogP contribution in [0.3, 0.4) is 0 Å². The molecular weight excluding hydrogens is 258 g/mol. The van der Waals surface area contributed by atoms with Gasteiger partial charge in [-0.2, -0.15) is 5.10 Å². The number of aromatic nitrogens is 6. The van der Waals surface area contributed by atoms with Gasteiger partial charge >= 0.3 is 0 Å². The number of aryl methyl sites for hydroxylation is 2. The highest BCUT2D eigenvalue weighted by atomic mass is 16.1. The van der Waals surface area contributed by atoms with E-state index in [4.69, 9.17) is 5.73 Å². The number of fused-ring (bicyclic) bond motifs is 1. The number of nitrogens with two attached hydrogens (primary N) is 1. The van der Waals surface area contributed by atoms with Crippen molar-refractivity contribution in [1.82, 2.24) is 29.3 Å². The van der Waals surface area contributed by atoms with Gasteiger partial charge < -0.3 is 5.73 Å². The maximum absolute atomic E-state index is 12.3. The van der Waals surface area contributed by atoms with Gasteiger partial charge in [0.15, 0.2) is 11.5 Å². The van der Waals surface area contributed by atoms with Crippen molar-refractivity contribution in [2.45, 2.75) is 13.5 Å². The molecule has 0 spiro atoms. The Balaban J connectivity index is 2.06. The predicted octanol–water partition coefficient (Wildman–Crippen LogP) is -0.141. The van der Waals surface area contributed by atoms with E-state index in [1.165, 1.54) is 17.1 Å². The average Bonchev–Trinajstić information content (AvgIpc) is 2.74. The highest BCUT2D eigenvalue weighted by molar-refractivity contribution is 5.72. The van der Waals surface area contributed by atoms with Crippen LogP contribution >= 0.6 is 0 Å². The van der Waals surface area contributed by atoms with Crippen molar-refractivity contribution in [3.63, 3.8) is 0 Å². The number of hydrogen-bond acceptors (Lipinski definition) is 6. The molecule has 0 radical (unpaired) electrons. The van der Waals surface area contributed by atoms with Crippen molar-refractivity contribution < 1.29 is 0 Å². The third kappa shape index (κ3) is 2.00. The topological polar surface area (TPSA) is 105 Å². The van der Waals surface area contributed by atoms with Gasteiger partial charge in [-0.1, -0.05) is 0 Å². The fourth-order valence-electron chi connectivity index (χ4n) is 2.06. The van der Waals surface area contributed by atoms with Crippen molar-refractivity contribution >= 4 is 16.9 Å². The maximum Gasteiger partial charge on any atom is 0.264 e. The summed E-state index contributed by atoms with van der Waals surface area (Å²) in [4.78, 5) is 24.9. The molecule has 8 heteroatoms. The zero-order chi connectivity index (χ0) is 14.3. The van der Waals surface area contributed by atoms with Gasteiger partial charge in [0.05, 0.1) is 12.7 Å². The van der Waals surface area contributed by atoms with E-state index in [0.29, 0.717) is 22.7 Å². The Kier molecular flexibility index (Phi) is 2.70. The molecule has 0 atom stereocenters. The molecule has 20 heavy (non-hydrogen) atoms. The van der Waals surface area contributed by atoms with Gasteiger partial charge in [0, 0.05) is 18.8 Å². The minimum absolute atomic E-state index is 0.174. The molecule has 0 aliphatic rings. The van der Waals surface area contributed by atoms with Crippen molar-refractivity contribution in [3.05, 3.63) is 40.5 Å². The molecule has 0 fully saturated rings. The van der Waals surface area contributed by atoms with Crippen LogP contribution in [0.1, 0.15) is 11.5 Å². The van der Waals surface area contributed by atoms with E-state index < -0.39 is 0 Å². The van der Waals surface area contributed by atoms with E-state index in [1.807, 2.05) is 6.92 Å². The summed E-state index contributed by atoms with van der Waals surface area (Å²) in [5, 5.41) is 4.49. The first-order valence-corrected chi connectivity index (χ1v) is 6.02. The fourth-order valence-corrected chi connectivity index (χ4v) is 2.06. The minimum Gasteiger partial charge on any atom is -0.384 e. The van der Waals surface area contributed by atoms with Crippen LogP contribution in [0.4, 0.5) is 5.82 Å². The smallest absolute Gasteiger partial charge is 0.264 e. The number of anilines is 1. The predicted molar refractivity (Wildman–Crippen MR) is 73.1 cm³/mol. The second-order valence-corrected chi connectivity index (χ2v) is 4.53. The first-order valence-electron chi connectivity index (χ1n) is 6.02. The summed E-state index contributed by atoms with van der Waals surface area (Å²) in [6, 6.07) is 1.68. The molecule has 0 aliphatic carbocycles. The van der Waals surface area contributed by atoms with Gasteiger partial charge in [0.25, 0.3) is 5.56 Å². The zero-order valence-corrected chi connectivity index (χ0v) is 11.1. The lowest BCUT2D eigenvalue weighted by molar-refractivity contribution is 0.700. The summed E-state index contributed by atoms with van der Waals surface area (Å²) < 4.78 is 3.00. The Bertz CT molecular complexity index is 828. The fraction of sp³-hybridized carbons (Fsp3) is 0.250. The first-order chi connectivity index (χ1) is 9.54. The molecule has 102 valence electrons. The van der Waals surface area contributed by atoms with E-state index >= 15 is 0 Å². The lowest BCUT2D eigenvalue weighted by Gasteiger charge is -2.06. The molecule has 3 aromatic rings. The molecular formula is C12H13N7O. The zero-order valence-electron chi connectivity index (χ0n) is 11.1. The van der Waals surface area contributed by atoms with Crippen LogP contribution in [0.2, 0.25) is 0 Å². The molecule has 0 bridgehead atoms. The van der Waals surface area contributed by atoms with Gasteiger partial charge in [-0.25, -0.2) is 15.0 Å². The SMILES string of the molecule is Cc1cc(N)nc(Cn2cnc3c(cnn3C)c2=O)n1. The Morgan fingerprint density at radius 1 is 1.35 bits per heavy atom. The normalized spacial score (nSPS) is 11.1. The van der Waals surface area contributed by atoms with E-state index in [-0.39, 0.29) is 12.1 Å². The van der Waals surface area contributed by atoms with Crippen LogP contribution in [-0.4, -0.2) is 29.3 Å². The van der Waals surface area contributed by atoms with Gasteiger partial charge in [0.1, 0.15) is 17.5 Å². The Hall–Kier alpha value is -2.77. The minimum atomic E-state index is -0.174. The Morgan fingerprint density at radius 2 is 2.15 bits per heavy atom. The summed E-state index contributed by atoms with van der Waals surface area (Å²) in [6.45, 7) is 2.05. The number of rotatable bonds is 2. The summed E-state index contributed by atoms with van der Waals surface area (Å²) in [6.07, 6.45) is 2.97. The molecule has 8 nitrogen and oxygen atoms in total. The Labute approximate surface area is 113 Å². The maximum atomic E-state index is 12.3. The van der Waals surface area contributed by atoms with Crippen LogP contribution in [0.5, 0.6) is 0 Å². The van der Waals surface area contributed by atoms with E-state index in [9.17, 15) is 4.79 Å². The Morgan fingerprint density at radius 3 is 2.90 bits per heavy atom. The third-order valence-corrected chi connectivity index (χ3v) is 2.95. The third-order valence-electron chi connectivity index (χ3n) is 2.95. The molecule has 0 amide bonds. The van der Waals surface area contributed by atoms with Crippen LogP contribution in [0.15, 0.2) is 23.4 Å². The van der Waals surface area contributed by atoms with E-state index in [2.05, 4.69) is 20.1 Å². The highest BCUT2D eigenvalue weighted by Crippen LogP contribution is 2.05. The van der Waals surface area contributed by atoms with E-state index in [1.54, 1.807) is 17.8 Å². The molecule has 0 aliphatic heterocycles. The van der Waals surface area contributed by atoms with Crippen LogP contribution in [-0.2, 0) is 13.6 Å². The first kappa shape index (κ1) is 12.3. The quantitative estimate of drug-likeness (QED) is 0.695. The lowest BCUT2D eigenvalue weighted by Crippen LogP contribution is -2.22. The highest BCUT2D eigenvalue weighted by Gasteiger charge is 2.09. The monoisotopic (exact) mass is 271 g/mol. The average molecular weight is 271 g/mol. The molecule has 0 aromatic carbocycles. The molecule has 0 unspecified atom stereocenters. The van der Waals surface area contributed by atoms with Crippen molar-refractivity contribution in [2.75, 3.05) is 5.73 Å². The molecule has 3 aromatic heterocycles. The molecule has 0 saturated carbocycles. The van der Waals surface area contributed by atoms with Crippen LogP contribution in [0.25, 0.3) is 11.0 Å². The number of nitrogen functional groups attached to an aromatic ring is 1. The largest absolute Gasteiger partial charge is 0.384 e. The van der Waals surface area contributed by atoms with Crippen LogP contribution in [0, 0.1) is 6.92 Å². The van der Waals surface area contributed by atoms with Crippen molar-refractivity contribution in [3.8, 4) is 0 Å².